The number of amidine groups is 1. The summed E-state index contributed by atoms with van der Waals surface area (Å²) in [5, 5.41) is 0.606. The maximum absolute atomic E-state index is 13.2. The highest BCUT2D eigenvalue weighted by Crippen LogP contribution is 2.29. The lowest BCUT2D eigenvalue weighted by atomic mass is 9.99. The molecule has 33 heavy (non-hydrogen) atoms. The molecular formula is C24H33Cl2F2N5. The minimum absolute atomic E-state index is 0.0264. The van der Waals surface area contributed by atoms with Crippen molar-refractivity contribution in [1.82, 2.24) is 9.88 Å². The smallest absolute Gasteiger partial charge is 0.195 e. The van der Waals surface area contributed by atoms with Gasteiger partial charge in [0.05, 0.1) is 23.7 Å². The Balaban J connectivity index is 0.00000265. The summed E-state index contributed by atoms with van der Waals surface area (Å²) in [5.74, 6) is 0.423. The van der Waals surface area contributed by atoms with Gasteiger partial charge in [-0.3, -0.25) is 9.37 Å². The molecule has 182 valence electrons. The lowest BCUT2D eigenvalue weighted by molar-refractivity contribution is 0.239. The molecule has 0 spiro atoms. The summed E-state index contributed by atoms with van der Waals surface area (Å²) in [6.07, 6.45) is 12.5. The summed E-state index contributed by atoms with van der Waals surface area (Å²) in [7, 11) is 0.500. The van der Waals surface area contributed by atoms with E-state index in [1.807, 2.05) is 38.1 Å². The first-order valence-corrected chi connectivity index (χ1v) is 11.4. The van der Waals surface area contributed by atoms with Gasteiger partial charge in [0, 0.05) is 44.0 Å². The quantitative estimate of drug-likeness (QED) is 0.209. The molecule has 0 aromatic carbocycles. The van der Waals surface area contributed by atoms with Crippen molar-refractivity contribution in [2.75, 3.05) is 31.7 Å². The molecule has 5 nitrogen and oxygen atoms in total. The van der Waals surface area contributed by atoms with E-state index in [1.54, 1.807) is 18.5 Å². The van der Waals surface area contributed by atoms with Gasteiger partial charge in [-0.1, -0.05) is 36.8 Å². The third-order valence-corrected chi connectivity index (χ3v) is 5.40. The van der Waals surface area contributed by atoms with Gasteiger partial charge >= 0.3 is 0 Å². The third kappa shape index (κ3) is 9.18. The number of pyridine rings is 1. The molecule has 1 aliphatic rings. The van der Waals surface area contributed by atoms with Crippen molar-refractivity contribution in [1.29, 1.82) is 0 Å². The second kappa shape index (κ2) is 14.7. The monoisotopic (exact) mass is 499 g/mol. The molecule has 2 unspecified atom stereocenters. The van der Waals surface area contributed by atoms with Gasteiger partial charge in [-0.05, 0) is 56.2 Å². The lowest BCUT2D eigenvalue weighted by Crippen LogP contribution is -2.51. The Labute approximate surface area is 206 Å². The van der Waals surface area contributed by atoms with E-state index in [-0.39, 0.29) is 23.1 Å². The van der Waals surface area contributed by atoms with Crippen LogP contribution in [0.1, 0.15) is 27.7 Å². The van der Waals surface area contributed by atoms with E-state index in [2.05, 4.69) is 26.7 Å². The third-order valence-electron chi connectivity index (χ3n) is 5.02. The fourth-order valence-electron chi connectivity index (χ4n) is 3.53. The zero-order valence-electron chi connectivity index (χ0n) is 19.8. The van der Waals surface area contributed by atoms with Crippen LogP contribution in [-0.2, 0) is 0 Å². The van der Waals surface area contributed by atoms with E-state index in [0.29, 0.717) is 18.0 Å². The molecule has 2 N–H and O–H groups in total. The molecule has 0 radical (unpaired) electrons. The summed E-state index contributed by atoms with van der Waals surface area (Å²) in [6, 6.07) is 2.06. The van der Waals surface area contributed by atoms with Crippen LogP contribution >= 0.6 is 23.2 Å². The first-order valence-electron chi connectivity index (χ1n) is 10.6. The van der Waals surface area contributed by atoms with E-state index >= 15 is 0 Å². The Morgan fingerprint density at radius 1 is 1.33 bits per heavy atom. The van der Waals surface area contributed by atoms with Gasteiger partial charge in [0.2, 0.25) is 0 Å². The molecule has 1 saturated heterocycles. The number of hydrogen-bond donors (Lipinski definition) is 1. The molecule has 9 heteroatoms. The highest BCUT2D eigenvalue weighted by atomic mass is 35.5. The molecule has 0 amide bonds. The first kappa shape index (κ1) is 28.7. The van der Waals surface area contributed by atoms with Crippen molar-refractivity contribution in [2.45, 2.75) is 33.7 Å². The molecule has 2 rings (SSSR count). The normalized spacial score (nSPS) is 19.5. The molecule has 0 saturated carbocycles. The van der Waals surface area contributed by atoms with Crippen LogP contribution in [0.15, 0.2) is 71.1 Å². The highest BCUT2D eigenvalue weighted by molar-refractivity contribution is 6.64. The van der Waals surface area contributed by atoms with Crippen LogP contribution < -0.4 is 10.6 Å². The van der Waals surface area contributed by atoms with Crippen molar-refractivity contribution in [3.63, 3.8) is 0 Å². The standard InChI is InChI=1S/C23H30Cl2FN5.CH3F/c1-5-6-19(8-7-17(3)26)16(2)13-22(29-23(25)27)31-12-11-30(15-18(31)4)21-9-10-28-14-20(21)24;1-2/h5-10,13-14,16,18H,11-12,15H2,1-4H3,(H2,27,29);1H3/b6-5-,17-7+,19-8+,22-13+;. The number of aromatic nitrogens is 1. The van der Waals surface area contributed by atoms with E-state index in [1.165, 1.54) is 13.0 Å². The average Bonchev–Trinajstić information content (AvgIpc) is 2.77. The van der Waals surface area contributed by atoms with Crippen molar-refractivity contribution < 1.29 is 8.78 Å². The van der Waals surface area contributed by atoms with E-state index < -0.39 is 0 Å². The van der Waals surface area contributed by atoms with Crippen molar-refractivity contribution in [2.24, 2.45) is 16.6 Å². The van der Waals surface area contributed by atoms with Crippen LogP contribution in [0.3, 0.4) is 0 Å². The van der Waals surface area contributed by atoms with Crippen LogP contribution in [-0.4, -0.2) is 48.0 Å². The van der Waals surface area contributed by atoms with Crippen molar-refractivity contribution >= 4 is 34.2 Å². The molecule has 2 atom stereocenters. The van der Waals surface area contributed by atoms with Crippen LogP contribution in [0.2, 0.25) is 5.02 Å². The van der Waals surface area contributed by atoms with Crippen molar-refractivity contribution in [3.05, 3.63) is 71.1 Å². The SMILES string of the molecule is CF.C\C=C/C(=C\C=C(/C)F)C(C)/C=C(\N=C(/N)Cl)N1CCN(c2ccncc2Cl)CC1C. The number of alkyl halides is 1. The number of nitrogens with zero attached hydrogens (tertiary/aromatic N) is 4. The minimum Gasteiger partial charge on any atom is -0.374 e. The number of piperazine rings is 1. The zero-order valence-corrected chi connectivity index (χ0v) is 21.3. The Morgan fingerprint density at radius 2 is 2.03 bits per heavy atom. The van der Waals surface area contributed by atoms with E-state index in [9.17, 15) is 8.78 Å². The summed E-state index contributed by atoms with van der Waals surface area (Å²) >= 11 is 12.3. The van der Waals surface area contributed by atoms with E-state index in [4.69, 9.17) is 28.9 Å². The molecular weight excluding hydrogens is 467 g/mol. The Morgan fingerprint density at radius 3 is 2.58 bits per heavy atom. The lowest BCUT2D eigenvalue weighted by Gasteiger charge is -2.42. The number of anilines is 1. The predicted molar refractivity (Wildman–Crippen MR) is 137 cm³/mol. The van der Waals surface area contributed by atoms with Gasteiger partial charge in [0.1, 0.15) is 5.82 Å². The maximum Gasteiger partial charge on any atom is 0.195 e. The summed E-state index contributed by atoms with van der Waals surface area (Å²) in [6.45, 7) is 9.75. The molecule has 0 aliphatic carbocycles. The van der Waals surface area contributed by atoms with Crippen LogP contribution in [0.4, 0.5) is 14.5 Å². The van der Waals surface area contributed by atoms with Crippen molar-refractivity contribution in [3.8, 4) is 0 Å². The highest BCUT2D eigenvalue weighted by Gasteiger charge is 2.27. The number of aliphatic imine (C=N–C) groups is 1. The summed E-state index contributed by atoms with van der Waals surface area (Å²) < 4.78 is 22.7. The average molecular weight is 500 g/mol. The topological polar surface area (TPSA) is 57.8 Å². The van der Waals surface area contributed by atoms with Gasteiger partial charge < -0.3 is 15.5 Å². The van der Waals surface area contributed by atoms with Gasteiger partial charge in [0.25, 0.3) is 0 Å². The Hall–Kier alpha value is -2.38. The van der Waals surface area contributed by atoms with Gasteiger partial charge in [-0.25, -0.2) is 9.38 Å². The van der Waals surface area contributed by atoms with Crippen LogP contribution in [0.5, 0.6) is 0 Å². The Kier molecular flexibility index (Phi) is 12.8. The molecule has 1 aliphatic heterocycles. The zero-order chi connectivity index (χ0) is 25.0. The van der Waals surface area contributed by atoms with E-state index in [0.717, 1.165) is 30.9 Å². The predicted octanol–water partition coefficient (Wildman–Crippen LogP) is 6.24. The maximum atomic E-state index is 13.2. The first-order chi connectivity index (χ1) is 15.7. The molecule has 2 heterocycles. The number of nitrogens with two attached hydrogens (primary N) is 1. The second-order valence-electron chi connectivity index (χ2n) is 7.48. The number of rotatable bonds is 7. The molecule has 1 aromatic rings. The Bertz CT molecular complexity index is 904. The fourth-order valence-corrected chi connectivity index (χ4v) is 3.86. The number of halogens is 4. The fraction of sp³-hybridized carbons (Fsp3) is 0.417. The number of hydrogen-bond acceptors (Lipinski definition) is 4. The largest absolute Gasteiger partial charge is 0.374 e. The van der Waals surface area contributed by atoms with Gasteiger partial charge in [-0.15, -0.1) is 0 Å². The molecule has 1 aromatic heterocycles. The van der Waals surface area contributed by atoms with Gasteiger partial charge in [-0.2, -0.15) is 0 Å². The summed E-state index contributed by atoms with van der Waals surface area (Å²) in [5.41, 5.74) is 7.64. The molecule has 0 bridgehead atoms. The number of allylic oxidation sites excluding steroid dienone is 7. The summed E-state index contributed by atoms with van der Waals surface area (Å²) in [4.78, 5) is 12.9. The minimum atomic E-state index is -0.249. The molecule has 1 fully saturated rings. The van der Waals surface area contributed by atoms with Crippen LogP contribution in [0.25, 0.3) is 0 Å². The van der Waals surface area contributed by atoms with Crippen LogP contribution in [0, 0.1) is 5.92 Å². The second-order valence-corrected chi connectivity index (χ2v) is 8.28. The van der Waals surface area contributed by atoms with Gasteiger partial charge in [0.15, 0.2) is 5.29 Å².